The molecule has 0 aliphatic rings. The Bertz CT molecular complexity index is 643. The quantitative estimate of drug-likeness (QED) is 0.851. The van der Waals surface area contributed by atoms with Gasteiger partial charge in [-0.05, 0) is 43.3 Å². The molecule has 2 aromatic rings. The highest BCUT2D eigenvalue weighted by Crippen LogP contribution is 2.27. The topological polar surface area (TPSA) is 43.7 Å². The lowest BCUT2D eigenvalue weighted by molar-refractivity contribution is 0.0892. The molecule has 5 heteroatoms. The van der Waals surface area contributed by atoms with Gasteiger partial charge in [-0.15, -0.1) is 0 Å². The van der Waals surface area contributed by atoms with Crippen LogP contribution in [0.3, 0.4) is 0 Å². The fourth-order valence-electron chi connectivity index (χ4n) is 2.70. The fraction of sp³-hybridized carbons (Fsp3) is 0.333. The second-order valence-electron chi connectivity index (χ2n) is 5.51. The number of aliphatic hydroxyl groups is 1. The van der Waals surface area contributed by atoms with Gasteiger partial charge < -0.3 is 10.2 Å². The zero-order chi connectivity index (χ0) is 17.0. The lowest BCUT2D eigenvalue weighted by Crippen LogP contribution is -2.31. The van der Waals surface area contributed by atoms with Crippen LogP contribution in [0.2, 0.25) is 0 Å². The Balaban J connectivity index is 2.18. The van der Waals surface area contributed by atoms with Gasteiger partial charge in [-0.3, -0.25) is 4.90 Å². The van der Waals surface area contributed by atoms with Crippen molar-refractivity contribution in [3.8, 4) is 5.75 Å². The van der Waals surface area contributed by atoms with Gasteiger partial charge in [-0.25, -0.2) is 8.78 Å². The Morgan fingerprint density at radius 2 is 1.70 bits per heavy atom. The fourth-order valence-corrected chi connectivity index (χ4v) is 2.70. The Labute approximate surface area is 134 Å². The van der Waals surface area contributed by atoms with E-state index in [2.05, 4.69) is 0 Å². The summed E-state index contributed by atoms with van der Waals surface area (Å²) < 4.78 is 27.6. The number of hydrogen-bond acceptors (Lipinski definition) is 3. The molecule has 2 N–H and O–H groups in total. The van der Waals surface area contributed by atoms with Crippen LogP contribution in [0.5, 0.6) is 5.75 Å². The Hall–Kier alpha value is -1.98. The minimum atomic E-state index is -1.27. The van der Waals surface area contributed by atoms with E-state index in [9.17, 15) is 19.0 Å². The average molecular weight is 321 g/mol. The Kier molecular flexibility index (Phi) is 5.69. The number of aromatic hydroxyl groups is 1. The SMILES string of the molecule is CCN(CC(O)c1c(F)cccc1F)C(C)c1cccc(O)c1. The van der Waals surface area contributed by atoms with Crippen LogP contribution < -0.4 is 0 Å². The summed E-state index contributed by atoms with van der Waals surface area (Å²) in [4.78, 5) is 1.89. The third-order valence-corrected chi connectivity index (χ3v) is 4.05. The highest BCUT2D eigenvalue weighted by molar-refractivity contribution is 5.29. The first-order valence-corrected chi connectivity index (χ1v) is 7.59. The lowest BCUT2D eigenvalue weighted by Gasteiger charge is -2.30. The van der Waals surface area contributed by atoms with Gasteiger partial charge in [0, 0.05) is 12.6 Å². The minimum Gasteiger partial charge on any atom is -0.508 e. The van der Waals surface area contributed by atoms with E-state index < -0.39 is 17.7 Å². The molecule has 0 heterocycles. The minimum absolute atomic E-state index is 0.0885. The number of likely N-dealkylation sites (N-methyl/N-ethyl adjacent to an activating group) is 1. The second-order valence-corrected chi connectivity index (χ2v) is 5.51. The van der Waals surface area contributed by atoms with Crippen molar-refractivity contribution in [1.82, 2.24) is 4.90 Å². The summed E-state index contributed by atoms with van der Waals surface area (Å²) in [6.07, 6.45) is -1.27. The zero-order valence-corrected chi connectivity index (χ0v) is 13.2. The van der Waals surface area contributed by atoms with Crippen molar-refractivity contribution < 1.29 is 19.0 Å². The van der Waals surface area contributed by atoms with Crippen LogP contribution in [0, 0.1) is 11.6 Å². The van der Waals surface area contributed by atoms with Crippen LogP contribution in [0.15, 0.2) is 42.5 Å². The second kappa shape index (κ2) is 7.53. The highest BCUT2D eigenvalue weighted by atomic mass is 19.1. The van der Waals surface area contributed by atoms with Gasteiger partial charge in [0.15, 0.2) is 0 Å². The van der Waals surface area contributed by atoms with Crippen LogP contribution in [0.4, 0.5) is 8.78 Å². The summed E-state index contributed by atoms with van der Waals surface area (Å²) in [6, 6.07) is 10.3. The third-order valence-electron chi connectivity index (χ3n) is 4.05. The molecule has 0 fully saturated rings. The van der Waals surface area contributed by atoms with Crippen molar-refractivity contribution in [1.29, 1.82) is 0 Å². The summed E-state index contributed by atoms with van der Waals surface area (Å²) in [5, 5.41) is 19.8. The van der Waals surface area contributed by atoms with E-state index >= 15 is 0 Å². The van der Waals surface area contributed by atoms with Gasteiger partial charge in [0.05, 0.1) is 11.7 Å². The lowest BCUT2D eigenvalue weighted by atomic mass is 10.0. The normalized spacial score (nSPS) is 14.0. The maximum atomic E-state index is 13.8. The van der Waals surface area contributed by atoms with Crippen molar-refractivity contribution in [2.75, 3.05) is 13.1 Å². The Morgan fingerprint density at radius 1 is 1.09 bits per heavy atom. The maximum absolute atomic E-state index is 13.8. The molecule has 0 amide bonds. The molecule has 2 rings (SSSR count). The molecule has 0 spiro atoms. The number of phenolic OH excluding ortho intramolecular Hbond substituents is 1. The molecule has 0 aromatic heterocycles. The zero-order valence-electron chi connectivity index (χ0n) is 13.2. The van der Waals surface area contributed by atoms with Gasteiger partial charge >= 0.3 is 0 Å². The van der Waals surface area contributed by atoms with Crippen LogP contribution in [-0.4, -0.2) is 28.2 Å². The van der Waals surface area contributed by atoms with Crippen LogP contribution in [0.1, 0.15) is 37.1 Å². The van der Waals surface area contributed by atoms with E-state index in [0.29, 0.717) is 6.54 Å². The molecule has 0 saturated heterocycles. The average Bonchev–Trinajstić information content (AvgIpc) is 2.51. The predicted octanol–water partition coefficient (Wildman–Crippen LogP) is 3.79. The summed E-state index contributed by atoms with van der Waals surface area (Å²) in [7, 11) is 0. The summed E-state index contributed by atoms with van der Waals surface area (Å²) in [6.45, 7) is 4.50. The van der Waals surface area contributed by atoms with Crippen molar-refractivity contribution in [2.24, 2.45) is 0 Å². The third kappa shape index (κ3) is 4.06. The molecule has 124 valence electrons. The van der Waals surface area contributed by atoms with Crippen LogP contribution >= 0.6 is 0 Å². The predicted molar refractivity (Wildman–Crippen MR) is 85.1 cm³/mol. The van der Waals surface area contributed by atoms with Crippen molar-refractivity contribution in [2.45, 2.75) is 26.0 Å². The van der Waals surface area contributed by atoms with E-state index in [4.69, 9.17) is 0 Å². The standard InChI is InChI=1S/C18H21F2NO2/c1-3-21(12(2)13-6-4-7-14(22)10-13)11-17(23)18-15(19)8-5-9-16(18)20/h4-10,12,17,22-23H,3,11H2,1-2H3. The first-order valence-electron chi connectivity index (χ1n) is 7.59. The molecule has 0 bridgehead atoms. The number of aliphatic hydroxyl groups excluding tert-OH is 1. The Morgan fingerprint density at radius 3 is 2.26 bits per heavy atom. The molecule has 2 atom stereocenters. The summed E-state index contributed by atoms with van der Waals surface area (Å²) in [5.41, 5.74) is 0.558. The van der Waals surface area contributed by atoms with Crippen molar-refractivity contribution in [3.05, 3.63) is 65.2 Å². The molecule has 0 radical (unpaired) electrons. The molecular weight excluding hydrogens is 300 g/mol. The maximum Gasteiger partial charge on any atom is 0.131 e. The molecule has 0 aliphatic carbocycles. The molecular formula is C18H21F2NO2. The largest absolute Gasteiger partial charge is 0.508 e. The number of hydrogen-bond donors (Lipinski definition) is 2. The van der Waals surface area contributed by atoms with Crippen molar-refractivity contribution in [3.63, 3.8) is 0 Å². The van der Waals surface area contributed by atoms with Crippen LogP contribution in [0.25, 0.3) is 0 Å². The number of nitrogens with zero attached hydrogens (tertiary/aromatic N) is 1. The molecule has 2 unspecified atom stereocenters. The summed E-state index contributed by atoms with van der Waals surface area (Å²) >= 11 is 0. The first kappa shape index (κ1) is 17.4. The first-order chi connectivity index (χ1) is 10.9. The number of halogens is 2. The van der Waals surface area contributed by atoms with Crippen molar-refractivity contribution >= 4 is 0 Å². The van der Waals surface area contributed by atoms with E-state index in [1.54, 1.807) is 18.2 Å². The number of rotatable bonds is 6. The van der Waals surface area contributed by atoms with Crippen LogP contribution in [-0.2, 0) is 0 Å². The van der Waals surface area contributed by atoms with E-state index in [-0.39, 0.29) is 23.9 Å². The number of benzene rings is 2. The number of phenols is 1. The summed E-state index contributed by atoms with van der Waals surface area (Å²) in [5.74, 6) is -1.34. The molecule has 2 aromatic carbocycles. The highest BCUT2D eigenvalue weighted by Gasteiger charge is 2.23. The van der Waals surface area contributed by atoms with Gasteiger partial charge in [0.2, 0.25) is 0 Å². The smallest absolute Gasteiger partial charge is 0.131 e. The van der Waals surface area contributed by atoms with Gasteiger partial charge in [-0.1, -0.05) is 25.1 Å². The van der Waals surface area contributed by atoms with Gasteiger partial charge in [0.25, 0.3) is 0 Å². The molecule has 3 nitrogen and oxygen atoms in total. The monoisotopic (exact) mass is 321 g/mol. The molecule has 0 aliphatic heterocycles. The van der Waals surface area contributed by atoms with Gasteiger partial charge in [0.1, 0.15) is 17.4 Å². The molecule has 23 heavy (non-hydrogen) atoms. The van der Waals surface area contributed by atoms with E-state index in [0.717, 1.165) is 17.7 Å². The molecule has 0 saturated carbocycles. The van der Waals surface area contributed by atoms with E-state index in [1.165, 1.54) is 6.07 Å². The van der Waals surface area contributed by atoms with Gasteiger partial charge in [-0.2, -0.15) is 0 Å². The van der Waals surface area contributed by atoms with E-state index in [1.807, 2.05) is 24.8 Å².